The lowest BCUT2D eigenvalue weighted by Crippen LogP contribution is -2.18. The Kier molecular flexibility index (Phi) is 4.17. The van der Waals surface area contributed by atoms with Gasteiger partial charge in [-0.05, 0) is 41.5 Å². The van der Waals surface area contributed by atoms with Crippen LogP contribution in [0.25, 0.3) is 22.0 Å². The summed E-state index contributed by atoms with van der Waals surface area (Å²) in [6, 6.07) is 13.1. The first-order valence-corrected chi connectivity index (χ1v) is 7.47. The van der Waals surface area contributed by atoms with Gasteiger partial charge in [0.2, 0.25) is 0 Å². The number of pyridine rings is 1. The molecule has 0 unspecified atom stereocenters. The molecule has 0 saturated carbocycles. The highest BCUT2D eigenvalue weighted by molar-refractivity contribution is 6.34. The van der Waals surface area contributed by atoms with Gasteiger partial charge in [-0.15, -0.1) is 0 Å². The molecule has 0 radical (unpaired) electrons. The molecule has 0 saturated heterocycles. The van der Waals surface area contributed by atoms with Crippen LogP contribution in [0.2, 0.25) is 5.02 Å². The van der Waals surface area contributed by atoms with E-state index in [9.17, 15) is 4.79 Å². The molecule has 3 rings (SSSR count). The molecule has 0 bridgehead atoms. The largest absolute Gasteiger partial charge is 0.494 e. The van der Waals surface area contributed by atoms with Gasteiger partial charge in [-0.2, -0.15) is 0 Å². The highest BCUT2D eigenvalue weighted by Gasteiger charge is 2.13. The predicted molar refractivity (Wildman–Crippen MR) is 92.1 cm³/mol. The van der Waals surface area contributed by atoms with Crippen LogP contribution in [-0.2, 0) is 0 Å². The smallest absolute Gasteiger partial charge is 0.252 e. The van der Waals surface area contributed by atoms with Crippen molar-refractivity contribution in [2.45, 2.75) is 0 Å². The van der Waals surface area contributed by atoms with Crippen molar-refractivity contribution in [3.8, 4) is 16.9 Å². The lowest BCUT2D eigenvalue weighted by molar-refractivity contribution is 0.0963. The van der Waals surface area contributed by atoms with Crippen LogP contribution in [0.5, 0.6) is 5.75 Å². The summed E-state index contributed by atoms with van der Waals surface area (Å²) in [5.41, 5.74) is 3.09. The zero-order valence-corrected chi connectivity index (χ0v) is 13.5. The van der Waals surface area contributed by atoms with Crippen LogP contribution in [0.3, 0.4) is 0 Å². The van der Waals surface area contributed by atoms with Crippen LogP contribution < -0.4 is 10.1 Å². The van der Waals surface area contributed by atoms with Gasteiger partial charge in [0.05, 0.1) is 17.7 Å². The van der Waals surface area contributed by atoms with Crippen molar-refractivity contribution in [3.63, 3.8) is 0 Å². The molecule has 1 N–H and O–H groups in total. The number of ether oxygens (including phenoxy) is 1. The Balaban J connectivity index is 2.24. The lowest BCUT2D eigenvalue weighted by Gasteiger charge is -2.11. The third kappa shape index (κ3) is 2.73. The van der Waals surface area contributed by atoms with Gasteiger partial charge >= 0.3 is 0 Å². The van der Waals surface area contributed by atoms with E-state index in [2.05, 4.69) is 10.3 Å². The Morgan fingerprint density at radius 1 is 1.22 bits per heavy atom. The number of rotatable bonds is 3. The van der Waals surface area contributed by atoms with E-state index >= 15 is 0 Å². The number of nitrogens with zero attached hydrogens (tertiary/aromatic N) is 1. The molecule has 3 aromatic rings. The summed E-state index contributed by atoms with van der Waals surface area (Å²) in [5, 5.41) is 3.98. The van der Waals surface area contributed by atoms with Gasteiger partial charge in [0.25, 0.3) is 5.91 Å². The zero-order valence-electron chi connectivity index (χ0n) is 12.8. The fraction of sp³-hybridized carbons (Fsp3) is 0.111. The lowest BCUT2D eigenvalue weighted by atomic mass is 9.98. The fourth-order valence-electron chi connectivity index (χ4n) is 2.56. The van der Waals surface area contributed by atoms with Crippen molar-refractivity contribution in [2.75, 3.05) is 14.2 Å². The number of methoxy groups -OCH3 is 1. The normalized spacial score (nSPS) is 10.6. The van der Waals surface area contributed by atoms with Crippen LogP contribution in [0.4, 0.5) is 0 Å². The molecule has 0 spiro atoms. The van der Waals surface area contributed by atoms with Gasteiger partial charge in [0, 0.05) is 18.6 Å². The number of fused-ring (bicyclic) bond motifs is 1. The first-order valence-electron chi connectivity index (χ1n) is 7.09. The Morgan fingerprint density at radius 3 is 2.78 bits per heavy atom. The van der Waals surface area contributed by atoms with E-state index in [1.165, 1.54) is 0 Å². The van der Waals surface area contributed by atoms with Crippen LogP contribution in [0.15, 0.2) is 48.7 Å². The summed E-state index contributed by atoms with van der Waals surface area (Å²) in [6.45, 7) is 0. The molecule has 2 aromatic carbocycles. The van der Waals surface area contributed by atoms with Gasteiger partial charge in [-0.1, -0.05) is 23.7 Å². The van der Waals surface area contributed by atoms with Crippen molar-refractivity contribution in [2.24, 2.45) is 0 Å². The Hall–Kier alpha value is -2.59. The predicted octanol–water partition coefficient (Wildman–Crippen LogP) is 3.92. The second-order valence-electron chi connectivity index (χ2n) is 4.99. The average Bonchev–Trinajstić information content (AvgIpc) is 2.60. The highest BCUT2D eigenvalue weighted by Crippen LogP contribution is 2.34. The molecule has 0 aliphatic carbocycles. The number of amides is 1. The maximum Gasteiger partial charge on any atom is 0.252 e. The van der Waals surface area contributed by atoms with Crippen LogP contribution in [-0.4, -0.2) is 25.0 Å². The molecular weight excluding hydrogens is 312 g/mol. The number of nitrogens with one attached hydrogen (secondary N) is 1. The standard InChI is InChI=1S/C18H15ClN2O2/c1-20-18(22)14-10-11(5-7-15(14)19)12-6-8-16(23-2)17-13(12)4-3-9-21-17/h3-10H,1-2H3,(H,20,22). The molecule has 0 aliphatic rings. The quantitative estimate of drug-likeness (QED) is 0.793. The molecule has 23 heavy (non-hydrogen) atoms. The summed E-state index contributed by atoms with van der Waals surface area (Å²) >= 11 is 6.13. The van der Waals surface area contributed by atoms with E-state index in [-0.39, 0.29) is 5.91 Å². The number of carbonyl (C=O) groups is 1. The molecule has 4 nitrogen and oxygen atoms in total. The molecule has 0 aliphatic heterocycles. The fourth-order valence-corrected chi connectivity index (χ4v) is 2.77. The molecule has 5 heteroatoms. The molecule has 116 valence electrons. The number of benzene rings is 2. The average molecular weight is 327 g/mol. The molecule has 1 heterocycles. The van der Waals surface area contributed by atoms with Crippen LogP contribution in [0, 0.1) is 0 Å². The number of halogens is 1. The van der Waals surface area contributed by atoms with Gasteiger partial charge in [-0.3, -0.25) is 9.78 Å². The SMILES string of the molecule is CNC(=O)c1cc(-c2ccc(OC)c3ncccc23)ccc1Cl. The Labute approximate surface area is 139 Å². The monoisotopic (exact) mass is 326 g/mol. The summed E-state index contributed by atoms with van der Waals surface area (Å²) in [4.78, 5) is 16.4. The molecular formula is C18H15ClN2O2. The maximum atomic E-state index is 12.0. The van der Waals surface area contributed by atoms with Gasteiger partial charge in [0.15, 0.2) is 0 Å². The summed E-state index contributed by atoms with van der Waals surface area (Å²) in [6.07, 6.45) is 1.73. The number of aromatic nitrogens is 1. The summed E-state index contributed by atoms with van der Waals surface area (Å²) in [5.74, 6) is 0.498. The minimum Gasteiger partial charge on any atom is -0.494 e. The molecule has 0 fully saturated rings. The topological polar surface area (TPSA) is 51.2 Å². The third-order valence-corrected chi connectivity index (χ3v) is 4.03. The van der Waals surface area contributed by atoms with E-state index < -0.39 is 0 Å². The summed E-state index contributed by atoms with van der Waals surface area (Å²) in [7, 11) is 3.20. The van der Waals surface area contributed by atoms with E-state index in [0.717, 1.165) is 22.0 Å². The van der Waals surface area contributed by atoms with Crippen LogP contribution >= 0.6 is 11.6 Å². The second-order valence-corrected chi connectivity index (χ2v) is 5.40. The van der Waals surface area contributed by atoms with Crippen molar-refractivity contribution in [3.05, 3.63) is 59.2 Å². The van der Waals surface area contributed by atoms with E-state index in [1.54, 1.807) is 32.5 Å². The van der Waals surface area contributed by atoms with E-state index in [4.69, 9.17) is 16.3 Å². The molecule has 1 aromatic heterocycles. The Bertz CT molecular complexity index is 893. The van der Waals surface area contributed by atoms with Crippen molar-refractivity contribution in [1.82, 2.24) is 10.3 Å². The van der Waals surface area contributed by atoms with Crippen molar-refractivity contribution < 1.29 is 9.53 Å². The highest BCUT2D eigenvalue weighted by atomic mass is 35.5. The maximum absolute atomic E-state index is 12.0. The Morgan fingerprint density at radius 2 is 2.04 bits per heavy atom. The second kappa shape index (κ2) is 6.26. The first-order chi connectivity index (χ1) is 11.2. The first kappa shape index (κ1) is 15.3. The molecule has 0 atom stereocenters. The van der Waals surface area contributed by atoms with Gasteiger partial charge in [0.1, 0.15) is 11.3 Å². The third-order valence-electron chi connectivity index (χ3n) is 3.70. The number of hydrogen-bond donors (Lipinski definition) is 1. The minimum atomic E-state index is -0.215. The van der Waals surface area contributed by atoms with E-state index in [1.807, 2.05) is 30.3 Å². The number of carbonyl (C=O) groups excluding carboxylic acids is 1. The van der Waals surface area contributed by atoms with Gasteiger partial charge < -0.3 is 10.1 Å². The minimum absolute atomic E-state index is 0.215. The number of hydrogen-bond acceptors (Lipinski definition) is 3. The zero-order chi connectivity index (χ0) is 16.4. The summed E-state index contributed by atoms with van der Waals surface area (Å²) < 4.78 is 5.37. The van der Waals surface area contributed by atoms with E-state index in [0.29, 0.717) is 16.3 Å². The van der Waals surface area contributed by atoms with Gasteiger partial charge in [-0.25, -0.2) is 0 Å². The van der Waals surface area contributed by atoms with Crippen molar-refractivity contribution >= 4 is 28.4 Å². The van der Waals surface area contributed by atoms with Crippen molar-refractivity contribution in [1.29, 1.82) is 0 Å². The van der Waals surface area contributed by atoms with Crippen LogP contribution in [0.1, 0.15) is 10.4 Å². The molecule has 1 amide bonds.